The molecule has 2 saturated heterocycles. The number of piperidine rings is 1. The van der Waals surface area contributed by atoms with E-state index in [-0.39, 0.29) is 11.5 Å². The molecule has 6 nitrogen and oxygen atoms in total. The maximum Gasteiger partial charge on any atom is 0.267 e. The van der Waals surface area contributed by atoms with Gasteiger partial charge >= 0.3 is 0 Å². The molecule has 2 aliphatic heterocycles. The van der Waals surface area contributed by atoms with Gasteiger partial charge in [0.05, 0.1) is 10.5 Å². The van der Waals surface area contributed by atoms with Crippen LogP contribution in [0.3, 0.4) is 0 Å². The molecule has 198 valence electrons. The van der Waals surface area contributed by atoms with Gasteiger partial charge in [0.1, 0.15) is 15.8 Å². The summed E-state index contributed by atoms with van der Waals surface area (Å²) in [4.78, 5) is 36.5. The van der Waals surface area contributed by atoms with Crippen molar-refractivity contribution in [2.75, 3.05) is 24.5 Å². The first kappa shape index (κ1) is 26.6. The summed E-state index contributed by atoms with van der Waals surface area (Å²) < 4.78 is 2.15. The molecule has 2 aliphatic rings. The molecule has 0 aliphatic carbocycles. The number of thiocarbonyl (C=S) groups is 1. The normalized spacial score (nSPS) is 17.8. The van der Waals surface area contributed by atoms with E-state index in [1.54, 1.807) is 21.6 Å². The van der Waals surface area contributed by atoms with Gasteiger partial charge in [-0.2, -0.15) is 0 Å². The van der Waals surface area contributed by atoms with E-state index in [4.69, 9.17) is 17.2 Å². The van der Waals surface area contributed by atoms with E-state index in [0.29, 0.717) is 38.7 Å². The number of rotatable bonds is 8. The van der Waals surface area contributed by atoms with Crippen molar-refractivity contribution >= 4 is 51.7 Å². The summed E-state index contributed by atoms with van der Waals surface area (Å²) >= 11 is 6.81. The van der Waals surface area contributed by atoms with Crippen LogP contribution in [-0.2, 0) is 11.2 Å². The van der Waals surface area contributed by atoms with Crippen molar-refractivity contribution < 1.29 is 4.79 Å². The Hall–Kier alpha value is -2.97. The first-order valence-corrected chi connectivity index (χ1v) is 14.7. The average Bonchev–Trinajstić information content (AvgIpc) is 3.19. The number of amides is 1. The van der Waals surface area contributed by atoms with Gasteiger partial charge in [0.2, 0.25) is 0 Å². The Labute approximate surface area is 233 Å². The molecular formula is C30H34N4O2S2. The van der Waals surface area contributed by atoms with E-state index in [2.05, 4.69) is 42.2 Å². The molecule has 38 heavy (non-hydrogen) atoms. The Balaban J connectivity index is 1.46. The highest BCUT2D eigenvalue weighted by Gasteiger charge is 2.33. The summed E-state index contributed by atoms with van der Waals surface area (Å²) in [5.74, 6) is 1.15. The smallest absolute Gasteiger partial charge is 0.267 e. The lowest BCUT2D eigenvalue weighted by Crippen LogP contribution is -2.37. The molecule has 0 atom stereocenters. The fraction of sp³-hybridized carbons (Fsp3) is 0.400. The summed E-state index contributed by atoms with van der Waals surface area (Å²) in [6.45, 7) is 6.37. The third-order valence-corrected chi connectivity index (χ3v) is 8.86. The van der Waals surface area contributed by atoms with Crippen LogP contribution < -0.4 is 10.5 Å². The van der Waals surface area contributed by atoms with Gasteiger partial charge in [0.15, 0.2) is 0 Å². The summed E-state index contributed by atoms with van der Waals surface area (Å²) in [5.41, 5.74) is 3.27. The van der Waals surface area contributed by atoms with Crippen molar-refractivity contribution in [1.29, 1.82) is 0 Å². The van der Waals surface area contributed by atoms with Crippen molar-refractivity contribution in [3.63, 3.8) is 0 Å². The fourth-order valence-corrected chi connectivity index (χ4v) is 6.60. The highest BCUT2D eigenvalue weighted by atomic mass is 32.2. The molecule has 8 heteroatoms. The van der Waals surface area contributed by atoms with E-state index in [1.807, 2.05) is 19.1 Å². The molecule has 0 radical (unpaired) electrons. The Kier molecular flexibility index (Phi) is 8.29. The molecular weight excluding hydrogens is 512 g/mol. The average molecular weight is 547 g/mol. The van der Waals surface area contributed by atoms with Crippen LogP contribution in [0.2, 0.25) is 0 Å². The number of aryl methyl sites for hydroxylation is 1. The molecule has 3 aromatic rings. The number of carbonyl (C=O) groups excluding carboxylic acids is 1. The number of anilines is 1. The van der Waals surface area contributed by atoms with Crippen LogP contribution >= 0.6 is 24.0 Å². The largest absolute Gasteiger partial charge is 0.356 e. The number of pyridine rings is 1. The van der Waals surface area contributed by atoms with Crippen LogP contribution in [-0.4, -0.2) is 44.1 Å². The van der Waals surface area contributed by atoms with E-state index in [9.17, 15) is 9.59 Å². The standard InChI is InChI=1S/C30H34N4O2S2/c1-3-4-8-15-34-29(36)25(38-30(34)37)20-24-27(31-26-21(2)10-9-16-33(26)28(24)35)32-17-13-23(14-18-32)19-22-11-6-5-7-12-22/h5-7,9-12,16,20,23H,3-4,8,13-15,17-19H2,1-2H3. The van der Waals surface area contributed by atoms with Gasteiger partial charge in [-0.25, -0.2) is 4.98 Å². The molecule has 1 aromatic carbocycles. The SMILES string of the molecule is CCCCCN1C(=O)C(=Cc2c(N3CCC(Cc4ccccc4)CC3)nc3c(C)cccn3c2=O)SC1=S. The molecule has 2 fully saturated rings. The van der Waals surface area contributed by atoms with Crippen molar-refractivity contribution in [2.45, 2.75) is 52.4 Å². The number of fused-ring (bicyclic) bond motifs is 1. The van der Waals surface area contributed by atoms with E-state index < -0.39 is 0 Å². The lowest BCUT2D eigenvalue weighted by atomic mass is 9.90. The molecule has 0 bridgehead atoms. The first-order valence-electron chi connectivity index (χ1n) is 13.5. The topological polar surface area (TPSA) is 57.9 Å². The van der Waals surface area contributed by atoms with Gasteiger partial charge in [0, 0.05) is 25.8 Å². The molecule has 0 spiro atoms. The van der Waals surface area contributed by atoms with E-state index >= 15 is 0 Å². The first-order chi connectivity index (χ1) is 18.5. The molecule has 5 rings (SSSR count). The van der Waals surface area contributed by atoms with Gasteiger partial charge in [-0.15, -0.1) is 0 Å². The minimum Gasteiger partial charge on any atom is -0.356 e. The molecule has 4 heterocycles. The third kappa shape index (κ3) is 5.57. The lowest BCUT2D eigenvalue weighted by molar-refractivity contribution is -0.122. The number of hydrogen-bond donors (Lipinski definition) is 0. The van der Waals surface area contributed by atoms with Crippen LogP contribution in [0, 0.1) is 12.8 Å². The summed E-state index contributed by atoms with van der Waals surface area (Å²) in [6.07, 6.45) is 9.65. The Morgan fingerprint density at radius 2 is 1.84 bits per heavy atom. The van der Waals surface area contributed by atoms with Gasteiger partial charge in [0.25, 0.3) is 11.5 Å². The molecule has 0 unspecified atom stereocenters. The second-order valence-corrected chi connectivity index (χ2v) is 11.9. The van der Waals surface area contributed by atoms with Crippen LogP contribution in [0.15, 0.2) is 58.4 Å². The number of thioether (sulfide) groups is 1. The van der Waals surface area contributed by atoms with Crippen LogP contribution in [0.4, 0.5) is 5.82 Å². The van der Waals surface area contributed by atoms with Crippen molar-refractivity contribution in [3.05, 3.63) is 80.6 Å². The fourth-order valence-electron chi connectivity index (χ4n) is 5.31. The zero-order valence-corrected chi connectivity index (χ0v) is 23.7. The van der Waals surface area contributed by atoms with Crippen LogP contribution in [0.5, 0.6) is 0 Å². The predicted molar refractivity (Wildman–Crippen MR) is 161 cm³/mol. The van der Waals surface area contributed by atoms with Crippen molar-refractivity contribution in [3.8, 4) is 0 Å². The van der Waals surface area contributed by atoms with Gasteiger partial charge < -0.3 is 4.90 Å². The molecule has 2 aromatic heterocycles. The maximum atomic E-state index is 13.8. The zero-order chi connectivity index (χ0) is 26.6. The second kappa shape index (κ2) is 11.8. The number of nitrogens with zero attached hydrogens (tertiary/aromatic N) is 4. The highest BCUT2D eigenvalue weighted by molar-refractivity contribution is 8.26. The molecule has 0 N–H and O–H groups in total. The van der Waals surface area contributed by atoms with Crippen molar-refractivity contribution in [2.24, 2.45) is 5.92 Å². The number of carbonyl (C=O) groups is 1. The number of aromatic nitrogens is 2. The summed E-state index contributed by atoms with van der Waals surface area (Å²) in [6, 6.07) is 14.5. The second-order valence-electron chi connectivity index (χ2n) is 10.2. The number of benzene rings is 1. The zero-order valence-electron chi connectivity index (χ0n) is 22.1. The summed E-state index contributed by atoms with van der Waals surface area (Å²) in [7, 11) is 0. The van der Waals surface area contributed by atoms with E-state index in [1.165, 1.54) is 17.3 Å². The minimum atomic E-state index is -0.156. The Morgan fingerprint density at radius 1 is 1.08 bits per heavy atom. The van der Waals surface area contributed by atoms with Gasteiger partial charge in [-0.05, 0) is 61.8 Å². The summed E-state index contributed by atoms with van der Waals surface area (Å²) in [5, 5.41) is 0. The monoisotopic (exact) mass is 546 g/mol. The van der Waals surface area contributed by atoms with Crippen LogP contribution in [0.1, 0.15) is 55.7 Å². The third-order valence-electron chi connectivity index (χ3n) is 7.48. The van der Waals surface area contributed by atoms with Gasteiger partial charge in [-0.3, -0.25) is 18.9 Å². The number of unbranched alkanes of at least 4 members (excludes halogenated alkanes) is 2. The highest BCUT2D eigenvalue weighted by Crippen LogP contribution is 2.34. The molecule has 0 saturated carbocycles. The Bertz CT molecular complexity index is 1430. The Morgan fingerprint density at radius 3 is 2.58 bits per heavy atom. The number of hydrogen-bond acceptors (Lipinski definition) is 6. The molecule has 1 amide bonds. The lowest BCUT2D eigenvalue weighted by Gasteiger charge is -2.33. The van der Waals surface area contributed by atoms with Crippen LogP contribution in [0.25, 0.3) is 11.7 Å². The predicted octanol–water partition coefficient (Wildman–Crippen LogP) is 5.85. The van der Waals surface area contributed by atoms with Gasteiger partial charge in [-0.1, -0.05) is 80.1 Å². The van der Waals surface area contributed by atoms with Crippen molar-refractivity contribution in [1.82, 2.24) is 14.3 Å². The minimum absolute atomic E-state index is 0.114. The van der Waals surface area contributed by atoms with E-state index in [0.717, 1.165) is 57.2 Å². The maximum absolute atomic E-state index is 13.8. The quantitative estimate of drug-likeness (QED) is 0.201.